The Morgan fingerprint density at radius 1 is 0.478 bits per heavy atom. The molecule has 0 fully saturated rings. The van der Waals surface area contributed by atoms with E-state index in [1.165, 1.54) is 0 Å². The largest absolute Gasteiger partial charge is 1.00 e. The van der Waals surface area contributed by atoms with Crippen molar-refractivity contribution in [3.05, 3.63) is 0 Å². The van der Waals surface area contributed by atoms with Crippen LogP contribution in [0, 0.1) is 0 Å². The normalized spacial score (nSPS) is 5.13. The molecule has 0 aliphatic carbocycles. The zero-order valence-corrected chi connectivity index (χ0v) is 15.1. The van der Waals surface area contributed by atoms with E-state index >= 15 is 0 Å². The van der Waals surface area contributed by atoms with E-state index in [1.807, 2.05) is 0 Å². The Kier molecular flexibility index (Phi) is 463. The molecule has 0 aliphatic heterocycles. The SMILES string of the molecule is O.O.O.O.O.O.O.O.O.O.O.O.O=P(O)(O)O.O=P([O-])(O)O.[Na+]. The molecule has 0 saturated carbocycles. The Labute approximate surface area is 149 Å². The fourth-order valence-corrected chi connectivity index (χ4v) is 0. The standard InChI is InChI=1S/Na.2H3O4P.12H2O/c;2*1-5(2,3)4;;;;;;;;;;;;/h;2*(H3,1,2,3,4);12*1H2/q+1;;;;;;;;;;;;;;/p-1. The van der Waals surface area contributed by atoms with Crippen LogP contribution in [-0.4, -0.2) is 90.2 Å². The van der Waals surface area contributed by atoms with Crippen molar-refractivity contribution in [2.45, 2.75) is 0 Å². The van der Waals surface area contributed by atoms with E-state index in [0.29, 0.717) is 0 Å². The van der Waals surface area contributed by atoms with Crippen molar-refractivity contribution in [1.29, 1.82) is 0 Å². The molecular weight excluding hydrogens is 405 g/mol. The van der Waals surface area contributed by atoms with Gasteiger partial charge in [-0.05, 0) is 0 Å². The Balaban J connectivity index is -0.00000000274. The maximum absolute atomic E-state index is 8.88. The Morgan fingerprint density at radius 3 is 0.478 bits per heavy atom. The van der Waals surface area contributed by atoms with Crippen molar-refractivity contribution in [2.75, 3.05) is 0 Å². The van der Waals surface area contributed by atoms with Crippen LogP contribution in [0.15, 0.2) is 0 Å². The van der Waals surface area contributed by atoms with Crippen LogP contribution in [0.4, 0.5) is 0 Å². The minimum Gasteiger partial charge on any atom is -0.756 e. The maximum atomic E-state index is 8.88. The fourth-order valence-electron chi connectivity index (χ4n) is 0. The van der Waals surface area contributed by atoms with Gasteiger partial charge in [0, 0.05) is 0 Å². The molecular formula is H29NaO20P2. The first kappa shape index (κ1) is 161. The summed E-state index contributed by atoms with van der Waals surface area (Å²) in [4.78, 5) is 44.5. The summed E-state index contributed by atoms with van der Waals surface area (Å²) in [6.07, 6.45) is 0. The maximum Gasteiger partial charge on any atom is 1.00 e. The molecule has 0 amide bonds. The predicted octanol–water partition coefficient (Wildman–Crippen LogP) is -15.4. The second-order valence-corrected chi connectivity index (χ2v) is 3.01. The van der Waals surface area contributed by atoms with Crippen molar-refractivity contribution in [3.63, 3.8) is 0 Å². The predicted molar refractivity (Wildman–Crippen MR) is 69.7 cm³/mol. The average Bonchev–Trinajstić information content (AvgIpc) is 1.12. The van der Waals surface area contributed by atoms with Crippen LogP contribution < -0.4 is 34.5 Å². The van der Waals surface area contributed by atoms with Gasteiger partial charge < -0.3 is 95.1 Å². The minimum absolute atomic E-state index is 0. The van der Waals surface area contributed by atoms with Crippen molar-refractivity contribution < 1.29 is 134 Å². The number of hydrogen-bond donors (Lipinski definition) is 5. The molecule has 0 aliphatic rings. The van der Waals surface area contributed by atoms with Crippen LogP contribution in [0.3, 0.4) is 0 Å². The first-order chi connectivity index (χ1) is 4.00. The topological polar surface area (TPSA) is 536 Å². The third-order valence-corrected chi connectivity index (χ3v) is 0. The third kappa shape index (κ3) is 17900. The molecule has 160 valence electrons. The van der Waals surface area contributed by atoms with Gasteiger partial charge in [0.05, 0.1) is 0 Å². The average molecular weight is 434 g/mol. The fraction of sp³-hybridized carbons (Fsp3) is 0. The van der Waals surface area contributed by atoms with Gasteiger partial charge in [-0.2, -0.15) is 0 Å². The molecule has 0 bridgehead atoms. The molecule has 23 heavy (non-hydrogen) atoms. The van der Waals surface area contributed by atoms with Gasteiger partial charge >= 0.3 is 37.4 Å². The summed E-state index contributed by atoms with van der Waals surface area (Å²) in [5, 5.41) is 0. The Hall–Kier alpha value is 0.740. The molecule has 0 aromatic rings. The molecule has 0 heterocycles. The number of rotatable bonds is 0. The molecule has 0 unspecified atom stereocenters. The zero-order chi connectivity index (χ0) is 9.00. The number of hydrogen-bond acceptors (Lipinski definition) is 3. The molecule has 0 aromatic carbocycles. The number of phosphoric acid groups is 2. The van der Waals surface area contributed by atoms with Crippen LogP contribution in [0.5, 0.6) is 0 Å². The Bertz CT molecular complexity index is 128. The first-order valence-electron chi connectivity index (χ1n) is 1.55. The van der Waals surface area contributed by atoms with Gasteiger partial charge in [0.1, 0.15) is 0 Å². The monoisotopic (exact) mass is 434 g/mol. The molecule has 23 heteroatoms. The third-order valence-electron chi connectivity index (χ3n) is 0. The first-order valence-corrected chi connectivity index (χ1v) is 4.64. The van der Waals surface area contributed by atoms with Crippen molar-refractivity contribution >= 4 is 15.6 Å². The summed E-state index contributed by atoms with van der Waals surface area (Å²) < 4.78 is 17.7. The molecule has 29 N–H and O–H groups in total. The van der Waals surface area contributed by atoms with E-state index in [0.717, 1.165) is 0 Å². The summed E-state index contributed by atoms with van der Waals surface area (Å²) in [6, 6.07) is 0. The zero-order valence-electron chi connectivity index (χ0n) is 11.4. The second-order valence-electron chi connectivity index (χ2n) is 1.00. The Morgan fingerprint density at radius 2 is 0.478 bits per heavy atom. The molecule has 0 saturated heterocycles. The summed E-state index contributed by atoms with van der Waals surface area (Å²) in [5.74, 6) is 0. The van der Waals surface area contributed by atoms with E-state index in [4.69, 9.17) is 38.5 Å². The summed E-state index contributed by atoms with van der Waals surface area (Å²) >= 11 is 0. The summed E-state index contributed by atoms with van der Waals surface area (Å²) in [5.41, 5.74) is 0. The van der Waals surface area contributed by atoms with Crippen LogP contribution in [-0.2, 0) is 9.13 Å². The quantitative estimate of drug-likeness (QED) is 0.179. The van der Waals surface area contributed by atoms with E-state index in [1.54, 1.807) is 0 Å². The van der Waals surface area contributed by atoms with Crippen molar-refractivity contribution in [3.8, 4) is 0 Å². The van der Waals surface area contributed by atoms with E-state index in [2.05, 4.69) is 0 Å². The molecule has 0 radical (unpaired) electrons. The van der Waals surface area contributed by atoms with Crippen molar-refractivity contribution in [2.24, 2.45) is 0 Å². The summed E-state index contributed by atoms with van der Waals surface area (Å²) in [7, 11) is -9.53. The molecule has 0 rings (SSSR count). The van der Waals surface area contributed by atoms with Gasteiger partial charge in [-0.15, -0.1) is 0 Å². The molecule has 0 aromatic heterocycles. The van der Waals surface area contributed by atoms with Gasteiger partial charge in [-0.3, -0.25) is 4.57 Å². The summed E-state index contributed by atoms with van der Waals surface area (Å²) in [6.45, 7) is 0. The van der Waals surface area contributed by atoms with Crippen molar-refractivity contribution in [1.82, 2.24) is 0 Å². The van der Waals surface area contributed by atoms with Crippen LogP contribution in [0.2, 0.25) is 0 Å². The van der Waals surface area contributed by atoms with Gasteiger partial charge in [-0.25, -0.2) is 4.57 Å². The van der Waals surface area contributed by atoms with Gasteiger partial charge in [-0.1, -0.05) is 0 Å². The van der Waals surface area contributed by atoms with E-state index in [9.17, 15) is 0 Å². The smallest absolute Gasteiger partial charge is 0.756 e. The van der Waals surface area contributed by atoms with Gasteiger partial charge in [0.15, 0.2) is 0 Å². The van der Waals surface area contributed by atoms with Gasteiger partial charge in [0.2, 0.25) is 0 Å². The molecule has 20 nitrogen and oxygen atoms in total. The minimum atomic E-state index is -4.89. The van der Waals surface area contributed by atoms with Crippen LogP contribution in [0.25, 0.3) is 0 Å². The van der Waals surface area contributed by atoms with E-state index < -0.39 is 15.6 Å². The van der Waals surface area contributed by atoms with Crippen LogP contribution in [0.1, 0.15) is 0 Å². The van der Waals surface area contributed by atoms with Crippen LogP contribution >= 0.6 is 15.6 Å². The molecule has 0 spiro atoms. The molecule has 0 atom stereocenters. The van der Waals surface area contributed by atoms with Gasteiger partial charge in [0.25, 0.3) is 7.82 Å². The second kappa shape index (κ2) is 66.2. The van der Waals surface area contributed by atoms with E-state index in [-0.39, 0.29) is 95.3 Å².